The van der Waals surface area contributed by atoms with Gasteiger partial charge in [0, 0.05) is 12.7 Å². The first kappa shape index (κ1) is 16.3. The fourth-order valence-electron chi connectivity index (χ4n) is 1.01. The highest BCUT2D eigenvalue weighted by molar-refractivity contribution is 8.13. The van der Waals surface area contributed by atoms with Gasteiger partial charge in [-0.3, -0.25) is 13.9 Å². The first-order valence-electron chi connectivity index (χ1n) is 4.29. The molecule has 0 heterocycles. The molecule has 0 aromatic heterocycles. The van der Waals surface area contributed by atoms with Crippen molar-refractivity contribution in [3.8, 4) is 0 Å². The molecule has 0 amide bonds. The molecule has 0 radical (unpaired) electrons. The van der Waals surface area contributed by atoms with Crippen molar-refractivity contribution in [2.24, 2.45) is 0 Å². The minimum absolute atomic E-state index is 0.149. The van der Waals surface area contributed by atoms with Crippen LogP contribution in [0.2, 0.25) is 0 Å². The van der Waals surface area contributed by atoms with Gasteiger partial charge in [0.1, 0.15) is 0 Å². The Balaban J connectivity index is 4.32. The van der Waals surface area contributed by atoms with Gasteiger partial charge in [-0.15, -0.1) is 0 Å². The molecule has 0 aromatic rings. The van der Waals surface area contributed by atoms with E-state index in [2.05, 4.69) is 0 Å². The second kappa shape index (κ2) is 6.31. The summed E-state index contributed by atoms with van der Waals surface area (Å²) in [7, 11) is -9.64. The van der Waals surface area contributed by atoms with Crippen molar-refractivity contribution in [1.82, 2.24) is 0 Å². The van der Waals surface area contributed by atoms with Crippen molar-refractivity contribution >= 4 is 32.1 Å². The zero-order valence-electron chi connectivity index (χ0n) is 8.51. The number of carbonyl (C=O) groups excluding carboxylic acids is 1. The Hall–Kier alpha value is 0.320. The number of hydrogen-bond acceptors (Lipinski definition) is 4. The Morgan fingerprint density at radius 1 is 1.19 bits per heavy atom. The lowest BCUT2D eigenvalue weighted by atomic mass is 10.4. The maximum atomic E-state index is 10.8. The summed E-state index contributed by atoms with van der Waals surface area (Å²) >= 11 is 0.950. The van der Waals surface area contributed by atoms with Crippen LogP contribution in [-0.4, -0.2) is 35.8 Å². The fraction of sp³-hybridized carbons (Fsp3) is 0.833. The SMILES string of the molecule is CC(=O)SCCCC(P(=O)(O)O)P(=O)(O)O. The Kier molecular flexibility index (Phi) is 6.43. The Morgan fingerprint density at radius 2 is 1.62 bits per heavy atom. The van der Waals surface area contributed by atoms with Crippen molar-refractivity contribution in [3.05, 3.63) is 0 Å². The molecule has 0 unspecified atom stereocenters. The predicted molar refractivity (Wildman–Crippen MR) is 60.2 cm³/mol. The van der Waals surface area contributed by atoms with E-state index in [1.54, 1.807) is 0 Å². The molecule has 0 aromatic carbocycles. The molecule has 0 spiro atoms. The summed E-state index contributed by atoms with van der Waals surface area (Å²) in [6.07, 6.45) is -0.153. The van der Waals surface area contributed by atoms with Crippen LogP contribution in [0.25, 0.3) is 0 Å². The van der Waals surface area contributed by atoms with E-state index in [4.69, 9.17) is 19.6 Å². The first-order chi connectivity index (χ1) is 7.05. The second-order valence-corrected chi connectivity index (χ2v) is 8.42. The van der Waals surface area contributed by atoms with E-state index in [0.29, 0.717) is 0 Å². The van der Waals surface area contributed by atoms with E-state index in [-0.39, 0.29) is 23.7 Å². The fourth-order valence-corrected chi connectivity index (χ4v) is 4.22. The van der Waals surface area contributed by atoms with E-state index in [1.807, 2.05) is 0 Å². The van der Waals surface area contributed by atoms with Crippen molar-refractivity contribution in [2.75, 3.05) is 5.75 Å². The highest BCUT2D eigenvalue weighted by atomic mass is 32.2. The van der Waals surface area contributed by atoms with E-state index in [0.717, 1.165) is 11.8 Å². The molecule has 0 saturated carbocycles. The number of hydrogen-bond donors (Lipinski definition) is 4. The summed E-state index contributed by atoms with van der Waals surface area (Å²) in [5, 5.41) is -2.11. The van der Waals surface area contributed by atoms with Crippen molar-refractivity contribution in [3.63, 3.8) is 0 Å². The maximum absolute atomic E-state index is 10.8. The van der Waals surface area contributed by atoms with Crippen molar-refractivity contribution < 1.29 is 33.5 Å². The van der Waals surface area contributed by atoms with Crippen LogP contribution in [-0.2, 0) is 13.9 Å². The van der Waals surface area contributed by atoms with Crippen LogP contribution in [0.15, 0.2) is 0 Å². The van der Waals surface area contributed by atoms with Gasteiger partial charge >= 0.3 is 15.2 Å². The lowest BCUT2D eigenvalue weighted by molar-refractivity contribution is -0.109. The quantitative estimate of drug-likeness (QED) is 0.416. The highest BCUT2D eigenvalue weighted by Gasteiger charge is 2.42. The Morgan fingerprint density at radius 3 is 1.94 bits per heavy atom. The summed E-state index contributed by atoms with van der Waals surface area (Å²) in [4.78, 5) is 45.6. The largest absolute Gasteiger partial charge is 0.340 e. The van der Waals surface area contributed by atoms with Crippen LogP contribution in [0, 0.1) is 0 Å². The van der Waals surface area contributed by atoms with Crippen LogP contribution in [0.4, 0.5) is 0 Å². The molecule has 10 heteroatoms. The van der Waals surface area contributed by atoms with Gasteiger partial charge in [-0.25, -0.2) is 0 Å². The molecule has 0 rings (SSSR count). The molecule has 96 valence electrons. The van der Waals surface area contributed by atoms with E-state index < -0.39 is 20.6 Å². The lowest BCUT2D eigenvalue weighted by Gasteiger charge is -2.18. The van der Waals surface area contributed by atoms with Gasteiger partial charge in [0.2, 0.25) is 0 Å². The standard InChI is InChI=1S/C6H14O7P2S/c1-5(7)16-4-2-3-6(14(8,9)10)15(11,12)13/h6H,2-4H2,1H3,(H2,8,9,10)(H2,11,12,13). The summed E-state index contributed by atoms with van der Waals surface area (Å²) in [6.45, 7) is 1.34. The highest BCUT2D eigenvalue weighted by Crippen LogP contribution is 2.61. The van der Waals surface area contributed by atoms with E-state index in [1.165, 1.54) is 6.92 Å². The average Bonchev–Trinajstić information content (AvgIpc) is 1.97. The summed E-state index contributed by atoms with van der Waals surface area (Å²) in [5.74, 6) is 0.284. The van der Waals surface area contributed by atoms with Crippen LogP contribution >= 0.6 is 27.0 Å². The Bertz CT molecular complexity index is 310. The lowest BCUT2D eigenvalue weighted by Crippen LogP contribution is -2.09. The third kappa shape index (κ3) is 6.81. The van der Waals surface area contributed by atoms with Crippen molar-refractivity contribution in [1.29, 1.82) is 0 Å². The second-order valence-electron chi connectivity index (χ2n) is 3.14. The third-order valence-electron chi connectivity index (χ3n) is 1.69. The summed E-state index contributed by atoms with van der Waals surface area (Å²) < 4.78 is 21.7. The minimum atomic E-state index is -4.82. The molecule has 0 atom stereocenters. The van der Waals surface area contributed by atoms with Gasteiger partial charge in [-0.1, -0.05) is 11.8 Å². The maximum Gasteiger partial charge on any atom is 0.340 e. The topological polar surface area (TPSA) is 132 Å². The molecular weight excluding hydrogens is 278 g/mol. The zero-order valence-corrected chi connectivity index (χ0v) is 11.1. The molecule has 0 aliphatic heterocycles. The number of rotatable bonds is 6. The smallest absolute Gasteiger partial charge is 0.324 e. The molecule has 7 nitrogen and oxygen atoms in total. The van der Waals surface area contributed by atoms with Crippen LogP contribution < -0.4 is 0 Å². The predicted octanol–water partition coefficient (Wildman–Crippen LogP) is 0.728. The monoisotopic (exact) mass is 292 g/mol. The van der Waals surface area contributed by atoms with Gasteiger partial charge in [-0.2, -0.15) is 0 Å². The van der Waals surface area contributed by atoms with Gasteiger partial charge < -0.3 is 19.6 Å². The molecule has 0 aliphatic carbocycles. The van der Waals surface area contributed by atoms with Crippen LogP contribution in [0.5, 0.6) is 0 Å². The summed E-state index contributed by atoms with van der Waals surface area (Å²) in [6, 6.07) is 0. The molecular formula is C6H14O7P2S. The molecule has 0 saturated heterocycles. The minimum Gasteiger partial charge on any atom is -0.324 e. The van der Waals surface area contributed by atoms with E-state index >= 15 is 0 Å². The van der Waals surface area contributed by atoms with Crippen molar-refractivity contribution in [2.45, 2.75) is 25.2 Å². The zero-order chi connectivity index (χ0) is 13.0. The summed E-state index contributed by atoms with van der Waals surface area (Å²) in [5.41, 5.74) is 0. The molecule has 0 bridgehead atoms. The first-order valence-corrected chi connectivity index (χ1v) is 8.64. The molecule has 0 fully saturated rings. The van der Waals surface area contributed by atoms with Gasteiger partial charge in [0.25, 0.3) is 0 Å². The normalized spacial score (nSPS) is 13.1. The van der Waals surface area contributed by atoms with Crippen LogP contribution in [0.1, 0.15) is 19.8 Å². The van der Waals surface area contributed by atoms with Gasteiger partial charge in [0.15, 0.2) is 10.5 Å². The molecule has 0 aliphatic rings. The van der Waals surface area contributed by atoms with Gasteiger partial charge in [-0.05, 0) is 12.8 Å². The van der Waals surface area contributed by atoms with Crippen LogP contribution in [0.3, 0.4) is 0 Å². The number of thioether (sulfide) groups is 1. The van der Waals surface area contributed by atoms with Gasteiger partial charge in [0.05, 0.1) is 0 Å². The molecule has 4 N–H and O–H groups in total. The Labute approximate surface area is 97.0 Å². The number of carbonyl (C=O) groups is 1. The molecule has 16 heavy (non-hydrogen) atoms. The average molecular weight is 292 g/mol. The third-order valence-corrected chi connectivity index (χ3v) is 6.46. The van der Waals surface area contributed by atoms with E-state index in [9.17, 15) is 13.9 Å².